The number of nitrogens with zero attached hydrogens (tertiary/aromatic N) is 3. The number of carboxylic acids is 1. The summed E-state index contributed by atoms with van der Waals surface area (Å²) >= 11 is 0. The lowest BCUT2D eigenvalue weighted by atomic mass is 10.3. The molecule has 20 heavy (non-hydrogen) atoms. The third-order valence-corrected chi connectivity index (χ3v) is 3.80. The van der Waals surface area contributed by atoms with Gasteiger partial charge in [0.05, 0.1) is 13.1 Å². The van der Waals surface area contributed by atoms with Crippen LogP contribution in [0.2, 0.25) is 0 Å². The molecule has 2 rings (SSSR count). The van der Waals surface area contributed by atoms with Gasteiger partial charge in [0.1, 0.15) is 0 Å². The summed E-state index contributed by atoms with van der Waals surface area (Å²) in [5.41, 5.74) is 0. The van der Waals surface area contributed by atoms with Crippen molar-refractivity contribution >= 4 is 17.8 Å². The van der Waals surface area contributed by atoms with Gasteiger partial charge in [0.25, 0.3) is 0 Å². The van der Waals surface area contributed by atoms with Crippen LogP contribution in [-0.2, 0) is 14.4 Å². The summed E-state index contributed by atoms with van der Waals surface area (Å²) in [7, 11) is 0. The van der Waals surface area contributed by atoms with Gasteiger partial charge in [0.2, 0.25) is 11.8 Å². The second kappa shape index (κ2) is 6.69. The van der Waals surface area contributed by atoms with Gasteiger partial charge in [0.15, 0.2) is 0 Å². The Kier molecular flexibility index (Phi) is 4.94. The Hall–Kier alpha value is -1.63. The lowest BCUT2D eigenvalue weighted by Gasteiger charge is -2.24. The van der Waals surface area contributed by atoms with Crippen molar-refractivity contribution in [3.8, 4) is 0 Å². The lowest BCUT2D eigenvalue weighted by molar-refractivity contribution is -0.138. The first-order valence-corrected chi connectivity index (χ1v) is 7.06. The van der Waals surface area contributed by atoms with Gasteiger partial charge in [-0.05, 0) is 12.8 Å². The molecule has 0 atom stereocenters. The minimum Gasteiger partial charge on any atom is -0.480 e. The second-order valence-electron chi connectivity index (χ2n) is 5.32. The lowest BCUT2D eigenvalue weighted by Crippen LogP contribution is -2.42. The summed E-state index contributed by atoms with van der Waals surface area (Å²) in [4.78, 5) is 39.6. The standard InChI is InChI=1S/C13H21N3O4/c17-11-3-1-5-16(11)9-12(18)15-6-2-4-14(7-8-15)10-13(19)20/h1-10H2,(H,19,20). The highest BCUT2D eigenvalue weighted by molar-refractivity contribution is 5.85. The van der Waals surface area contributed by atoms with Crippen molar-refractivity contribution in [1.82, 2.24) is 14.7 Å². The van der Waals surface area contributed by atoms with Gasteiger partial charge in [-0.3, -0.25) is 19.3 Å². The van der Waals surface area contributed by atoms with E-state index in [1.165, 1.54) is 0 Å². The molecule has 2 amide bonds. The monoisotopic (exact) mass is 283 g/mol. The SMILES string of the molecule is O=C(O)CN1CCCN(C(=O)CN2CCCC2=O)CC1. The van der Waals surface area contributed by atoms with Crippen LogP contribution in [0.5, 0.6) is 0 Å². The molecule has 112 valence electrons. The number of rotatable bonds is 4. The molecule has 0 saturated carbocycles. The minimum absolute atomic E-state index is 0.0205. The second-order valence-corrected chi connectivity index (χ2v) is 5.32. The van der Waals surface area contributed by atoms with Crippen LogP contribution in [0.15, 0.2) is 0 Å². The maximum Gasteiger partial charge on any atom is 0.317 e. The fourth-order valence-corrected chi connectivity index (χ4v) is 2.70. The van der Waals surface area contributed by atoms with Crippen LogP contribution in [0.3, 0.4) is 0 Å². The third-order valence-electron chi connectivity index (χ3n) is 3.80. The molecule has 2 saturated heterocycles. The highest BCUT2D eigenvalue weighted by Gasteiger charge is 2.26. The van der Waals surface area contributed by atoms with Crippen LogP contribution in [0, 0.1) is 0 Å². The molecule has 7 heteroatoms. The largest absolute Gasteiger partial charge is 0.480 e. The van der Waals surface area contributed by atoms with Gasteiger partial charge in [0, 0.05) is 39.1 Å². The maximum atomic E-state index is 12.2. The molecule has 1 N–H and O–H groups in total. The van der Waals surface area contributed by atoms with Crippen molar-refractivity contribution in [3.05, 3.63) is 0 Å². The smallest absolute Gasteiger partial charge is 0.317 e. The van der Waals surface area contributed by atoms with Crippen LogP contribution >= 0.6 is 0 Å². The van der Waals surface area contributed by atoms with Crippen molar-refractivity contribution in [2.45, 2.75) is 19.3 Å². The zero-order chi connectivity index (χ0) is 14.5. The highest BCUT2D eigenvalue weighted by Crippen LogP contribution is 2.10. The Bertz CT molecular complexity index is 399. The molecular weight excluding hydrogens is 262 g/mol. The topological polar surface area (TPSA) is 81.2 Å². The fourth-order valence-electron chi connectivity index (χ4n) is 2.70. The highest BCUT2D eigenvalue weighted by atomic mass is 16.4. The number of hydrogen-bond donors (Lipinski definition) is 1. The number of carbonyl (C=O) groups excluding carboxylic acids is 2. The Morgan fingerprint density at radius 1 is 1.00 bits per heavy atom. The van der Waals surface area contributed by atoms with Crippen molar-refractivity contribution in [2.24, 2.45) is 0 Å². The van der Waals surface area contributed by atoms with Crippen LogP contribution in [0.25, 0.3) is 0 Å². The predicted octanol–water partition coefficient (Wildman–Crippen LogP) is -0.772. The number of hydrogen-bond acceptors (Lipinski definition) is 4. The molecule has 2 aliphatic heterocycles. The van der Waals surface area contributed by atoms with E-state index in [0.717, 1.165) is 12.8 Å². The van der Waals surface area contributed by atoms with E-state index in [1.807, 2.05) is 4.90 Å². The number of amides is 2. The summed E-state index contributed by atoms with van der Waals surface area (Å²) in [6, 6.07) is 0. The third kappa shape index (κ3) is 3.93. The van der Waals surface area contributed by atoms with Gasteiger partial charge in [-0.25, -0.2) is 0 Å². The Balaban J connectivity index is 1.81. The van der Waals surface area contributed by atoms with Crippen LogP contribution < -0.4 is 0 Å². The van der Waals surface area contributed by atoms with E-state index in [1.54, 1.807) is 9.80 Å². The molecule has 2 fully saturated rings. The van der Waals surface area contributed by atoms with Gasteiger partial charge in [-0.2, -0.15) is 0 Å². The molecule has 2 aliphatic rings. The molecule has 0 unspecified atom stereocenters. The van der Waals surface area contributed by atoms with E-state index in [2.05, 4.69) is 0 Å². The molecule has 0 aromatic rings. The van der Waals surface area contributed by atoms with E-state index in [9.17, 15) is 14.4 Å². The first kappa shape index (κ1) is 14.8. The van der Waals surface area contributed by atoms with Crippen molar-refractivity contribution in [1.29, 1.82) is 0 Å². The number of likely N-dealkylation sites (tertiary alicyclic amines) is 1. The molecule has 0 radical (unpaired) electrons. The van der Waals surface area contributed by atoms with Crippen molar-refractivity contribution in [2.75, 3.05) is 45.8 Å². The average molecular weight is 283 g/mol. The summed E-state index contributed by atoms with van der Waals surface area (Å²) in [6.45, 7) is 3.30. The van der Waals surface area contributed by atoms with Gasteiger partial charge < -0.3 is 14.9 Å². The first-order chi connectivity index (χ1) is 9.56. The van der Waals surface area contributed by atoms with Gasteiger partial charge in [-0.15, -0.1) is 0 Å². The van der Waals surface area contributed by atoms with Crippen molar-refractivity contribution < 1.29 is 19.5 Å². The quantitative estimate of drug-likeness (QED) is 0.732. The molecule has 2 heterocycles. The molecule has 0 aromatic carbocycles. The number of carboxylic acid groups (broad SMARTS) is 1. The van der Waals surface area contributed by atoms with Crippen molar-refractivity contribution in [3.63, 3.8) is 0 Å². The summed E-state index contributed by atoms with van der Waals surface area (Å²) in [5, 5.41) is 8.79. The Morgan fingerprint density at radius 3 is 2.45 bits per heavy atom. The molecule has 0 aromatic heterocycles. The fraction of sp³-hybridized carbons (Fsp3) is 0.769. The van der Waals surface area contributed by atoms with E-state index >= 15 is 0 Å². The minimum atomic E-state index is -0.840. The molecule has 0 bridgehead atoms. The summed E-state index contributed by atoms with van der Waals surface area (Å²) in [5.74, 6) is -0.814. The summed E-state index contributed by atoms with van der Waals surface area (Å²) < 4.78 is 0. The zero-order valence-corrected chi connectivity index (χ0v) is 11.6. The molecule has 0 aliphatic carbocycles. The Morgan fingerprint density at radius 2 is 1.80 bits per heavy atom. The molecule has 7 nitrogen and oxygen atoms in total. The predicted molar refractivity (Wildman–Crippen MR) is 71.1 cm³/mol. The Labute approximate surface area is 118 Å². The van der Waals surface area contributed by atoms with E-state index in [4.69, 9.17) is 5.11 Å². The van der Waals surface area contributed by atoms with Gasteiger partial charge >= 0.3 is 5.97 Å². The van der Waals surface area contributed by atoms with Crippen LogP contribution in [0.4, 0.5) is 0 Å². The normalized spacial score (nSPS) is 21.1. The van der Waals surface area contributed by atoms with E-state index in [-0.39, 0.29) is 24.9 Å². The average Bonchev–Trinajstić information content (AvgIpc) is 2.64. The first-order valence-electron chi connectivity index (χ1n) is 7.06. The van der Waals surface area contributed by atoms with E-state index in [0.29, 0.717) is 39.1 Å². The zero-order valence-electron chi connectivity index (χ0n) is 11.6. The van der Waals surface area contributed by atoms with Crippen LogP contribution in [0.1, 0.15) is 19.3 Å². The summed E-state index contributed by atoms with van der Waals surface area (Å²) in [6.07, 6.45) is 2.14. The number of carbonyl (C=O) groups is 3. The van der Waals surface area contributed by atoms with E-state index < -0.39 is 5.97 Å². The molecular formula is C13H21N3O4. The maximum absolute atomic E-state index is 12.2. The van der Waals surface area contributed by atoms with Gasteiger partial charge in [-0.1, -0.05) is 0 Å². The molecule has 0 spiro atoms. The number of aliphatic carboxylic acids is 1. The van der Waals surface area contributed by atoms with Crippen LogP contribution in [-0.4, -0.2) is 83.4 Å².